The Morgan fingerprint density at radius 3 is 2.38 bits per heavy atom. The number of carbonyl (C=O) groups is 2. The van der Waals surface area contributed by atoms with Crippen LogP contribution in [-0.2, 0) is 0 Å². The number of fused-ring (bicyclic) bond motifs is 1. The summed E-state index contributed by atoms with van der Waals surface area (Å²) in [6.07, 6.45) is 1.44. The topological polar surface area (TPSA) is 136 Å². The lowest BCUT2D eigenvalue weighted by Gasteiger charge is -2.10. The molecule has 0 aliphatic rings. The summed E-state index contributed by atoms with van der Waals surface area (Å²) in [5, 5.41) is 15.8. The lowest BCUT2D eigenvalue weighted by Crippen LogP contribution is -2.18. The van der Waals surface area contributed by atoms with E-state index in [1.54, 1.807) is 12.1 Å². The van der Waals surface area contributed by atoms with E-state index >= 15 is 0 Å². The van der Waals surface area contributed by atoms with Gasteiger partial charge in [-0.05, 0) is 47.5 Å². The van der Waals surface area contributed by atoms with Crippen molar-refractivity contribution in [2.45, 2.75) is 0 Å². The number of para-hydroxylation sites is 1. The highest BCUT2D eigenvalue weighted by atomic mass is 16.6. The molecule has 10 heteroatoms. The van der Waals surface area contributed by atoms with Gasteiger partial charge in [-0.1, -0.05) is 48.5 Å². The van der Waals surface area contributed by atoms with E-state index in [1.807, 2.05) is 54.6 Å². The number of aromatic nitrogens is 1. The summed E-state index contributed by atoms with van der Waals surface area (Å²) in [6, 6.07) is 27.1. The van der Waals surface area contributed by atoms with Gasteiger partial charge in [-0.3, -0.25) is 14.9 Å². The van der Waals surface area contributed by atoms with E-state index in [-0.39, 0.29) is 22.7 Å². The Kier molecular flexibility index (Phi) is 7.32. The Bertz CT molecular complexity index is 1740. The first-order valence-electron chi connectivity index (χ1n) is 12.1. The molecule has 0 aliphatic carbocycles. The molecule has 0 radical (unpaired) electrons. The second-order valence-corrected chi connectivity index (χ2v) is 8.59. The Labute approximate surface area is 228 Å². The predicted molar refractivity (Wildman–Crippen MR) is 150 cm³/mol. The zero-order chi connectivity index (χ0) is 28.1. The van der Waals surface area contributed by atoms with E-state index in [0.29, 0.717) is 11.3 Å². The summed E-state index contributed by atoms with van der Waals surface area (Å²) < 4.78 is 10.8. The van der Waals surface area contributed by atoms with E-state index in [2.05, 4.69) is 15.5 Å². The molecular formula is C30H22N4O6. The van der Waals surface area contributed by atoms with Gasteiger partial charge < -0.3 is 14.5 Å². The summed E-state index contributed by atoms with van der Waals surface area (Å²) >= 11 is 0. The van der Waals surface area contributed by atoms with Gasteiger partial charge in [0.1, 0.15) is 5.69 Å². The standard InChI is InChI=1S/C30H22N4O6/c1-39-26-17-19(11-16-25(26)40-30(36)21-12-14-22(15-13-21)34(37)38)18-31-33-29(35)28-27(20-7-3-2-4-8-20)23-9-5-6-10-24(23)32-28/h2-18,32H,1H3,(H,33,35). The van der Waals surface area contributed by atoms with Crippen LogP contribution >= 0.6 is 0 Å². The van der Waals surface area contributed by atoms with Gasteiger partial charge in [0.2, 0.25) is 0 Å². The number of hydrogen-bond donors (Lipinski definition) is 2. The second kappa shape index (κ2) is 11.3. The van der Waals surface area contributed by atoms with Crippen LogP contribution in [0.1, 0.15) is 26.4 Å². The molecule has 0 unspecified atom stereocenters. The van der Waals surface area contributed by atoms with Crippen LogP contribution < -0.4 is 14.9 Å². The number of ether oxygens (including phenoxy) is 2. The number of methoxy groups -OCH3 is 1. The van der Waals surface area contributed by atoms with E-state index in [9.17, 15) is 19.7 Å². The van der Waals surface area contributed by atoms with Crippen molar-refractivity contribution in [1.82, 2.24) is 10.4 Å². The van der Waals surface area contributed by atoms with Crippen molar-refractivity contribution in [3.8, 4) is 22.6 Å². The van der Waals surface area contributed by atoms with Crippen LogP contribution in [-0.4, -0.2) is 35.1 Å². The van der Waals surface area contributed by atoms with Crippen molar-refractivity contribution in [2.75, 3.05) is 7.11 Å². The number of aromatic amines is 1. The Morgan fingerprint density at radius 1 is 0.925 bits per heavy atom. The summed E-state index contributed by atoms with van der Waals surface area (Å²) in [7, 11) is 1.42. The van der Waals surface area contributed by atoms with Gasteiger partial charge in [0, 0.05) is 28.6 Å². The van der Waals surface area contributed by atoms with E-state index < -0.39 is 16.8 Å². The minimum atomic E-state index is -0.700. The maximum Gasteiger partial charge on any atom is 0.343 e. The lowest BCUT2D eigenvalue weighted by molar-refractivity contribution is -0.384. The molecular weight excluding hydrogens is 512 g/mol. The number of carbonyl (C=O) groups excluding carboxylic acids is 2. The molecule has 0 atom stereocenters. The second-order valence-electron chi connectivity index (χ2n) is 8.59. The molecule has 0 bridgehead atoms. The van der Waals surface area contributed by atoms with Crippen LogP contribution in [0.15, 0.2) is 102 Å². The first kappa shape index (κ1) is 25.9. The van der Waals surface area contributed by atoms with Crippen molar-refractivity contribution in [1.29, 1.82) is 0 Å². The molecule has 198 valence electrons. The third-order valence-corrected chi connectivity index (χ3v) is 6.08. The third-order valence-electron chi connectivity index (χ3n) is 6.08. The molecule has 40 heavy (non-hydrogen) atoms. The fourth-order valence-corrected chi connectivity index (χ4v) is 4.17. The van der Waals surface area contributed by atoms with Gasteiger partial charge in [-0.15, -0.1) is 0 Å². The van der Waals surface area contributed by atoms with Gasteiger partial charge in [0.15, 0.2) is 11.5 Å². The zero-order valence-corrected chi connectivity index (χ0v) is 21.2. The molecule has 0 saturated carbocycles. The largest absolute Gasteiger partial charge is 0.493 e. The van der Waals surface area contributed by atoms with Gasteiger partial charge in [0.05, 0.1) is 23.8 Å². The summed E-state index contributed by atoms with van der Waals surface area (Å²) in [5.41, 5.74) is 6.05. The Hall–Kier alpha value is -5.77. The maximum atomic E-state index is 13.1. The van der Waals surface area contributed by atoms with Crippen molar-refractivity contribution >= 4 is 34.7 Å². The van der Waals surface area contributed by atoms with E-state index in [1.165, 1.54) is 43.7 Å². The van der Waals surface area contributed by atoms with Gasteiger partial charge in [-0.2, -0.15) is 5.10 Å². The number of nitrogens with one attached hydrogen (secondary N) is 2. The van der Waals surface area contributed by atoms with Crippen molar-refractivity contribution in [3.05, 3.63) is 124 Å². The smallest absolute Gasteiger partial charge is 0.343 e. The minimum absolute atomic E-state index is 0.134. The fraction of sp³-hybridized carbons (Fsp3) is 0.0333. The highest BCUT2D eigenvalue weighted by Gasteiger charge is 2.19. The van der Waals surface area contributed by atoms with E-state index in [4.69, 9.17) is 9.47 Å². The number of amides is 1. The predicted octanol–water partition coefficient (Wildman–Crippen LogP) is 5.73. The molecule has 0 spiro atoms. The van der Waals surface area contributed by atoms with Crippen LogP contribution in [0.25, 0.3) is 22.0 Å². The van der Waals surface area contributed by atoms with Crippen LogP contribution in [0.5, 0.6) is 11.5 Å². The van der Waals surface area contributed by atoms with Crippen LogP contribution in [0.3, 0.4) is 0 Å². The first-order chi connectivity index (χ1) is 19.4. The van der Waals surface area contributed by atoms with Crippen molar-refractivity contribution in [2.24, 2.45) is 5.10 Å². The Balaban J connectivity index is 1.31. The summed E-state index contributed by atoms with van der Waals surface area (Å²) in [6.45, 7) is 0. The van der Waals surface area contributed by atoms with Crippen molar-refractivity contribution < 1.29 is 24.0 Å². The average Bonchev–Trinajstić information content (AvgIpc) is 3.38. The normalized spacial score (nSPS) is 10.9. The van der Waals surface area contributed by atoms with Crippen LogP contribution in [0.4, 0.5) is 5.69 Å². The quantitative estimate of drug-likeness (QED) is 0.0857. The zero-order valence-electron chi connectivity index (χ0n) is 21.2. The number of hydrazone groups is 1. The number of rotatable bonds is 8. The molecule has 5 aromatic rings. The molecule has 1 amide bonds. The molecule has 2 N–H and O–H groups in total. The fourth-order valence-electron chi connectivity index (χ4n) is 4.17. The summed E-state index contributed by atoms with van der Waals surface area (Å²) in [4.78, 5) is 39.1. The van der Waals surface area contributed by atoms with Crippen LogP contribution in [0.2, 0.25) is 0 Å². The average molecular weight is 535 g/mol. The number of non-ortho nitro benzene ring substituents is 1. The molecule has 5 rings (SSSR count). The lowest BCUT2D eigenvalue weighted by atomic mass is 10.0. The number of esters is 1. The molecule has 1 heterocycles. The molecule has 4 aromatic carbocycles. The number of nitro benzene ring substituents is 1. The number of hydrogen-bond acceptors (Lipinski definition) is 7. The van der Waals surface area contributed by atoms with Crippen molar-refractivity contribution in [3.63, 3.8) is 0 Å². The van der Waals surface area contributed by atoms with Gasteiger partial charge >= 0.3 is 5.97 Å². The Morgan fingerprint density at radius 2 is 1.65 bits per heavy atom. The summed E-state index contributed by atoms with van der Waals surface area (Å²) in [5.74, 6) is -0.702. The molecule has 0 saturated heterocycles. The van der Waals surface area contributed by atoms with E-state index in [0.717, 1.165) is 22.0 Å². The highest BCUT2D eigenvalue weighted by molar-refractivity contribution is 6.09. The van der Waals surface area contributed by atoms with Gasteiger partial charge in [0.25, 0.3) is 11.6 Å². The van der Waals surface area contributed by atoms with Gasteiger partial charge in [-0.25, -0.2) is 10.2 Å². The number of nitro groups is 1. The molecule has 1 aromatic heterocycles. The molecule has 0 fully saturated rings. The third kappa shape index (κ3) is 5.41. The molecule has 0 aliphatic heterocycles. The van der Waals surface area contributed by atoms with Crippen LogP contribution in [0, 0.1) is 10.1 Å². The molecule has 10 nitrogen and oxygen atoms in total. The maximum absolute atomic E-state index is 13.1. The highest BCUT2D eigenvalue weighted by Crippen LogP contribution is 2.32. The number of benzene rings is 4. The SMILES string of the molecule is COc1cc(C=NNC(=O)c2[nH]c3ccccc3c2-c2ccccc2)ccc1OC(=O)c1ccc([N+](=O)[O-])cc1. The monoisotopic (exact) mass is 534 g/mol. The minimum Gasteiger partial charge on any atom is -0.493 e. The first-order valence-corrected chi connectivity index (χ1v) is 12.1. The number of nitrogens with zero attached hydrogens (tertiary/aromatic N) is 2. The number of H-pyrrole nitrogens is 1.